The molecule has 1 saturated carbocycles. The quantitative estimate of drug-likeness (QED) is 0.520. The van der Waals surface area contributed by atoms with E-state index >= 15 is 0 Å². The van der Waals surface area contributed by atoms with Gasteiger partial charge in [-0.2, -0.15) is 0 Å². The van der Waals surface area contributed by atoms with Gasteiger partial charge in [-0.05, 0) is 36.8 Å². The molecule has 3 N–H and O–H groups in total. The molecule has 1 saturated heterocycles. The third-order valence-electron chi connectivity index (χ3n) is 6.54. The van der Waals surface area contributed by atoms with Crippen molar-refractivity contribution in [3.8, 4) is 0 Å². The van der Waals surface area contributed by atoms with E-state index in [4.69, 9.17) is 10.5 Å². The third kappa shape index (κ3) is 4.12. The number of primary amides is 1. The number of hydrogen-bond donors (Lipinski definition) is 2. The monoisotopic (exact) mass is 406 g/mol. The summed E-state index contributed by atoms with van der Waals surface area (Å²) >= 11 is 0. The topological polar surface area (TPSA) is 84.7 Å². The van der Waals surface area contributed by atoms with Crippen LogP contribution in [0.25, 0.3) is 0 Å². The van der Waals surface area contributed by atoms with Crippen LogP contribution in [-0.4, -0.2) is 24.5 Å². The van der Waals surface area contributed by atoms with Crippen LogP contribution in [0.15, 0.2) is 60.7 Å². The average molecular weight is 407 g/mol. The molecule has 1 aliphatic carbocycles. The number of benzene rings is 2. The minimum absolute atomic E-state index is 0.0346. The number of ether oxygens (including phenoxy) is 1. The highest BCUT2D eigenvalue weighted by atomic mass is 16.6. The van der Waals surface area contributed by atoms with E-state index in [-0.39, 0.29) is 29.8 Å². The van der Waals surface area contributed by atoms with E-state index in [2.05, 4.69) is 29.6 Å². The molecule has 30 heavy (non-hydrogen) atoms. The minimum atomic E-state index is -0.396. The van der Waals surface area contributed by atoms with Gasteiger partial charge in [-0.15, -0.1) is 0 Å². The lowest BCUT2D eigenvalue weighted by Gasteiger charge is -2.28. The number of epoxide rings is 1. The Balaban J connectivity index is 1.33. The first-order valence-corrected chi connectivity index (χ1v) is 11.0. The Bertz CT molecular complexity index is 829. The summed E-state index contributed by atoms with van der Waals surface area (Å²) in [5, 5.41) is 3.03. The molecule has 1 aliphatic heterocycles. The highest BCUT2D eigenvalue weighted by Crippen LogP contribution is 2.53. The Morgan fingerprint density at radius 2 is 1.50 bits per heavy atom. The molecular formula is C25H30N2O3. The van der Waals surface area contributed by atoms with Gasteiger partial charge in [-0.3, -0.25) is 9.59 Å². The lowest BCUT2D eigenvalue weighted by molar-refractivity contribution is -0.134. The zero-order valence-electron chi connectivity index (χ0n) is 17.3. The number of carbonyl (C=O) groups excluding carboxylic acids is 2. The predicted octanol–water partition coefficient (Wildman–Crippen LogP) is 3.52. The molecule has 2 aromatic rings. The van der Waals surface area contributed by atoms with Crippen LogP contribution in [0.5, 0.6) is 0 Å². The van der Waals surface area contributed by atoms with Crippen LogP contribution in [0.3, 0.4) is 0 Å². The molecule has 2 aromatic carbocycles. The Morgan fingerprint density at radius 3 is 2.07 bits per heavy atom. The van der Waals surface area contributed by atoms with E-state index in [9.17, 15) is 9.59 Å². The van der Waals surface area contributed by atoms with Crippen molar-refractivity contribution in [2.24, 2.45) is 17.6 Å². The second-order valence-electron chi connectivity index (χ2n) is 8.41. The number of nitrogens with one attached hydrogen (secondary N) is 1. The largest absolute Gasteiger partial charge is 0.369 e. The molecule has 3 unspecified atom stereocenters. The molecule has 5 nitrogen and oxygen atoms in total. The summed E-state index contributed by atoms with van der Waals surface area (Å²) in [6.07, 6.45) is 5.19. The molecule has 0 radical (unpaired) electrons. The van der Waals surface area contributed by atoms with E-state index in [1.165, 1.54) is 0 Å². The van der Waals surface area contributed by atoms with E-state index in [1.807, 2.05) is 36.4 Å². The van der Waals surface area contributed by atoms with Crippen molar-refractivity contribution in [2.45, 2.75) is 50.2 Å². The van der Waals surface area contributed by atoms with Crippen LogP contribution in [0.1, 0.15) is 49.7 Å². The first kappa shape index (κ1) is 20.6. The molecule has 0 aromatic heterocycles. The van der Waals surface area contributed by atoms with Gasteiger partial charge >= 0.3 is 0 Å². The molecule has 2 aliphatic rings. The molecule has 3 atom stereocenters. The normalized spacial score (nSPS) is 24.7. The van der Waals surface area contributed by atoms with E-state index in [0.717, 1.165) is 49.7 Å². The number of carbonyl (C=O) groups is 2. The summed E-state index contributed by atoms with van der Waals surface area (Å²) in [7, 11) is 0. The lowest BCUT2D eigenvalue weighted by Crippen LogP contribution is -2.42. The van der Waals surface area contributed by atoms with Gasteiger partial charge in [0.1, 0.15) is 5.60 Å². The Morgan fingerprint density at radius 1 is 0.933 bits per heavy atom. The van der Waals surface area contributed by atoms with Crippen LogP contribution in [-0.2, 0) is 19.9 Å². The minimum Gasteiger partial charge on any atom is -0.369 e. The van der Waals surface area contributed by atoms with Gasteiger partial charge in [0.15, 0.2) is 0 Å². The standard InChI is InChI=1S/C25H30N2O3/c26-23(28)20-14-7-8-15-21(20)24(29)27-17-9-16-22-25(30-22,18-10-3-1-4-11-18)19-12-5-2-6-13-19/h1-6,10-13,20-22H,7-9,14-17H2,(H2,26,28)(H,27,29). The van der Waals surface area contributed by atoms with E-state index < -0.39 is 5.60 Å². The molecule has 158 valence electrons. The molecule has 2 amide bonds. The Labute approximate surface area is 178 Å². The van der Waals surface area contributed by atoms with Crippen molar-refractivity contribution in [3.63, 3.8) is 0 Å². The highest BCUT2D eigenvalue weighted by molar-refractivity contribution is 5.87. The fourth-order valence-corrected chi connectivity index (χ4v) is 4.91. The zero-order valence-corrected chi connectivity index (χ0v) is 17.3. The maximum atomic E-state index is 12.6. The van der Waals surface area contributed by atoms with Gasteiger partial charge < -0.3 is 15.8 Å². The van der Waals surface area contributed by atoms with Crippen molar-refractivity contribution in [2.75, 3.05) is 6.54 Å². The SMILES string of the molecule is NC(=O)C1CCCCC1C(=O)NCCCC1OC1(c1ccccc1)c1ccccc1. The third-order valence-corrected chi connectivity index (χ3v) is 6.54. The summed E-state index contributed by atoms with van der Waals surface area (Å²) < 4.78 is 6.27. The summed E-state index contributed by atoms with van der Waals surface area (Å²) in [4.78, 5) is 24.3. The molecule has 0 bridgehead atoms. The van der Waals surface area contributed by atoms with Gasteiger partial charge in [-0.25, -0.2) is 0 Å². The molecule has 0 spiro atoms. The first-order valence-electron chi connectivity index (χ1n) is 11.0. The van der Waals surface area contributed by atoms with Crippen molar-refractivity contribution in [1.82, 2.24) is 5.32 Å². The fraction of sp³-hybridized carbons (Fsp3) is 0.440. The van der Waals surface area contributed by atoms with Crippen molar-refractivity contribution in [1.29, 1.82) is 0 Å². The summed E-state index contributed by atoms with van der Waals surface area (Å²) in [6, 6.07) is 20.6. The van der Waals surface area contributed by atoms with Gasteiger partial charge in [0.25, 0.3) is 0 Å². The number of rotatable bonds is 8. The van der Waals surface area contributed by atoms with E-state index in [1.54, 1.807) is 0 Å². The summed E-state index contributed by atoms with van der Waals surface area (Å²) in [5.41, 5.74) is 7.43. The van der Waals surface area contributed by atoms with Crippen LogP contribution in [0.4, 0.5) is 0 Å². The Kier molecular flexibility index (Phi) is 6.18. The molecule has 5 heteroatoms. The number of nitrogens with two attached hydrogens (primary N) is 1. The smallest absolute Gasteiger partial charge is 0.223 e. The second kappa shape index (κ2) is 9.00. The second-order valence-corrected chi connectivity index (χ2v) is 8.41. The average Bonchev–Trinajstić information content (AvgIpc) is 3.53. The lowest BCUT2D eigenvalue weighted by atomic mass is 9.78. The number of hydrogen-bond acceptors (Lipinski definition) is 3. The maximum absolute atomic E-state index is 12.6. The summed E-state index contributed by atoms with van der Waals surface area (Å²) in [6.45, 7) is 0.584. The van der Waals surface area contributed by atoms with Crippen LogP contribution < -0.4 is 11.1 Å². The van der Waals surface area contributed by atoms with Crippen LogP contribution in [0.2, 0.25) is 0 Å². The molecular weight excluding hydrogens is 376 g/mol. The molecule has 4 rings (SSSR count). The van der Waals surface area contributed by atoms with E-state index in [0.29, 0.717) is 6.54 Å². The van der Waals surface area contributed by atoms with Gasteiger partial charge in [0.05, 0.1) is 6.10 Å². The van der Waals surface area contributed by atoms with Crippen molar-refractivity contribution in [3.05, 3.63) is 71.8 Å². The molecule has 1 heterocycles. The maximum Gasteiger partial charge on any atom is 0.223 e. The van der Waals surface area contributed by atoms with Crippen molar-refractivity contribution >= 4 is 11.8 Å². The van der Waals surface area contributed by atoms with Crippen LogP contribution >= 0.6 is 0 Å². The number of amides is 2. The zero-order chi connectivity index (χ0) is 21.0. The van der Waals surface area contributed by atoms with Crippen molar-refractivity contribution < 1.29 is 14.3 Å². The first-order chi connectivity index (χ1) is 14.6. The Hall–Kier alpha value is -2.66. The summed E-state index contributed by atoms with van der Waals surface area (Å²) in [5.74, 6) is -0.986. The predicted molar refractivity (Wildman–Crippen MR) is 115 cm³/mol. The molecule has 2 fully saturated rings. The van der Waals surface area contributed by atoms with Gasteiger partial charge in [0.2, 0.25) is 11.8 Å². The van der Waals surface area contributed by atoms with Crippen LogP contribution in [0, 0.1) is 11.8 Å². The highest BCUT2D eigenvalue weighted by Gasteiger charge is 2.58. The van der Waals surface area contributed by atoms with Gasteiger partial charge in [-0.1, -0.05) is 73.5 Å². The fourth-order valence-electron chi connectivity index (χ4n) is 4.91. The van der Waals surface area contributed by atoms with Gasteiger partial charge in [0, 0.05) is 18.4 Å².